The van der Waals surface area contributed by atoms with Crippen LogP contribution >= 0.6 is 55.0 Å². The van der Waals surface area contributed by atoms with Crippen LogP contribution < -0.4 is 0 Å². The lowest BCUT2D eigenvalue weighted by Gasteiger charge is -2.01. The van der Waals surface area contributed by atoms with Gasteiger partial charge in [0.15, 0.2) is 0 Å². The Morgan fingerprint density at radius 3 is 2.67 bits per heavy atom. The van der Waals surface area contributed by atoms with Gasteiger partial charge in [0, 0.05) is 11.3 Å². The normalized spacial score (nSPS) is 10.6. The first-order chi connectivity index (χ1) is 8.63. The summed E-state index contributed by atoms with van der Waals surface area (Å²) in [7, 11) is 1.44. The number of halogens is 2. The van der Waals surface area contributed by atoms with E-state index >= 15 is 0 Å². The quantitative estimate of drug-likeness (QED) is 0.319. The first-order valence-electron chi connectivity index (χ1n) is 5.78. The second-order valence-corrected chi connectivity index (χ2v) is 8.66. The molecule has 0 N–H and O–H groups in total. The average Bonchev–Trinajstić information content (AvgIpc) is 2.66. The second kappa shape index (κ2) is 9.39. The third-order valence-electron chi connectivity index (χ3n) is 2.39. The van der Waals surface area contributed by atoms with Gasteiger partial charge in [0.1, 0.15) is 0 Å². The molecule has 0 unspecified atom stereocenters. The summed E-state index contributed by atoms with van der Waals surface area (Å²) in [6.07, 6.45) is 4.94. The summed E-state index contributed by atoms with van der Waals surface area (Å²) in [4.78, 5) is 12.2. The predicted molar refractivity (Wildman–Crippen MR) is 85.5 cm³/mol. The molecule has 1 aromatic rings. The number of methoxy groups -OCH3 is 1. The van der Waals surface area contributed by atoms with Crippen molar-refractivity contribution in [2.45, 2.75) is 37.0 Å². The zero-order chi connectivity index (χ0) is 13.4. The van der Waals surface area contributed by atoms with Gasteiger partial charge >= 0.3 is 5.97 Å². The molecule has 0 bridgehead atoms. The lowest BCUT2D eigenvalue weighted by Crippen LogP contribution is -1.99. The van der Waals surface area contributed by atoms with Crippen LogP contribution in [0, 0.1) is 0 Å². The van der Waals surface area contributed by atoms with Crippen molar-refractivity contribution < 1.29 is 9.53 Å². The lowest BCUT2D eigenvalue weighted by atomic mass is 10.1. The van der Waals surface area contributed by atoms with Crippen LogP contribution in [0.3, 0.4) is 0 Å². The SMILES string of the molecule is COC(=O)CCCCCCSc1cc(Br)sc1Br. The van der Waals surface area contributed by atoms with Crippen LogP contribution in [0.4, 0.5) is 0 Å². The average molecular weight is 416 g/mol. The Kier molecular flexibility index (Phi) is 8.63. The maximum absolute atomic E-state index is 10.9. The van der Waals surface area contributed by atoms with Crippen LogP contribution in [-0.4, -0.2) is 18.8 Å². The summed E-state index contributed by atoms with van der Waals surface area (Å²) in [5, 5.41) is 0. The zero-order valence-corrected chi connectivity index (χ0v) is 15.0. The third kappa shape index (κ3) is 6.59. The molecule has 0 fully saturated rings. The highest BCUT2D eigenvalue weighted by Gasteiger charge is 2.05. The van der Waals surface area contributed by atoms with Gasteiger partial charge in [0.2, 0.25) is 0 Å². The summed E-state index contributed by atoms with van der Waals surface area (Å²) in [6, 6.07) is 2.15. The maximum Gasteiger partial charge on any atom is 0.305 e. The van der Waals surface area contributed by atoms with E-state index in [0.717, 1.165) is 22.4 Å². The van der Waals surface area contributed by atoms with E-state index in [0.29, 0.717) is 6.42 Å². The Morgan fingerprint density at radius 1 is 1.33 bits per heavy atom. The fourth-order valence-corrected chi connectivity index (χ4v) is 5.70. The van der Waals surface area contributed by atoms with E-state index in [4.69, 9.17) is 0 Å². The van der Waals surface area contributed by atoms with Gasteiger partial charge in [-0.2, -0.15) is 0 Å². The van der Waals surface area contributed by atoms with Crippen LogP contribution in [-0.2, 0) is 9.53 Å². The molecule has 0 aromatic carbocycles. The second-order valence-electron chi connectivity index (χ2n) is 3.78. The van der Waals surface area contributed by atoms with Crippen LogP contribution in [0.2, 0.25) is 0 Å². The summed E-state index contributed by atoms with van der Waals surface area (Å²) in [5.41, 5.74) is 0. The summed E-state index contributed by atoms with van der Waals surface area (Å²) in [5.74, 6) is 1.02. The molecular formula is C12H16Br2O2S2. The van der Waals surface area contributed by atoms with Crippen molar-refractivity contribution in [3.05, 3.63) is 13.6 Å². The number of carbonyl (C=O) groups excluding carboxylic acids is 1. The number of hydrogen-bond donors (Lipinski definition) is 0. The molecule has 0 aliphatic carbocycles. The highest BCUT2D eigenvalue weighted by molar-refractivity contribution is 9.12. The Labute approximate surface area is 133 Å². The summed E-state index contributed by atoms with van der Waals surface area (Å²) in [6.45, 7) is 0. The first-order valence-corrected chi connectivity index (χ1v) is 9.16. The number of unbranched alkanes of at least 4 members (excludes halogenated alkanes) is 3. The Hall–Kier alpha value is 0.480. The van der Waals surface area contributed by atoms with Crippen LogP contribution in [0.5, 0.6) is 0 Å². The van der Waals surface area contributed by atoms with Gasteiger partial charge in [0.05, 0.1) is 14.7 Å². The fourth-order valence-electron chi connectivity index (χ4n) is 1.43. The molecule has 0 saturated heterocycles. The summed E-state index contributed by atoms with van der Waals surface area (Å²) < 4.78 is 6.96. The van der Waals surface area contributed by atoms with Gasteiger partial charge < -0.3 is 4.74 Å². The van der Waals surface area contributed by atoms with Crippen molar-refractivity contribution >= 4 is 60.9 Å². The largest absolute Gasteiger partial charge is 0.469 e. The molecule has 0 aliphatic rings. The van der Waals surface area contributed by atoms with Gasteiger partial charge in [-0.25, -0.2) is 0 Å². The summed E-state index contributed by atoms with van der Waals surface area (Å²) >= 11 is 10.6. The highest BCUT2D eigenvalue weighted by atomic mass is 79.9. The standard InChI is InChI=1S/C12H16Br2O2S2/c1-16-11(15)6-4-2-3-5-7-17-9-8-10(13)18-12(9)14/h8H,2-7H2,1H3. The zero-order valence-electron chi connectivity index (χ0n) is 10.2. The molecule has 18 heavy (non-hydrogen) atoms. The van der Waals surface area contributed by atoms with E-state index < -0.39 is 0 Å². The topological polar surface area (TPSA) is 26.3 Å². The maximum atomic E-state index is 10.9. The molecule has 0 aliphatic heterocycles. The Balaban J connectivity index is 2.02. The Morgan fingerprint density at radius 2 is 2.06 bits per heavy atom. The van der Waals surface area contributed by atoms with Crippen molar-refractivity contribution in [2.24, 2.45) is 0 Å². The molecule has 2 nitrogen and oxygen atoms in total. The minimum atomic E-state index is -0.101. The van der Waals surface area contributed by atoms with E-state index in [-0.39, 0.29) is 5.97 Å². The van der Waals surface area contributed by atoms with Gasteiger partial charge in [-0.15, -0.1) is 23.1 Å². The van der Waals surface area contributed by atoms with Crippen molar-refractivity contribution in [3.63, 3.8) is 0 Å². The number of thiophene rings is 1. The van der Waals surface area contributed by atoms with Crippen LogP contribution in [0.25, 0.3) is 0 Å². The van der Waals surface area contributed by atoms with Crippen LogP contribution in [0.1, 0.15) is 32.1 Å². The number of ether oxygens (including phenoxy) is 1. The monoisotopic (exact) mass is 414 g/mol. The minimum absolute atomic E-state index is 0.101. The molecule has 0 atom stereocenters. The molecule has 6 heteroatoms. The third-order valence-corrected chi connectivity index (χ3v) is 6.24. The van der Waals surface area contributed by atoms with Crippen LogP contribution in [0.15, 0.2) is 18.5 Å². The minimum Gasteiger partial charge on any atom is -0.469 e. The van der Waals surface area contributed by atoms with E-state index in [1.807, 2.05) is 11.8 Å². The highest BCUT2D eigenvalue weighted by Crippen LogP contribution is 2.38. The van der Waals surface area contributed by atoms with Gasteiger partial charge in [-0.1, -0.05) is 12.8 Å². The molecule has 0 amide bonds. The van der Waals surface area contributed by atoms with E-state index in [1.165, 1.54) is 28.6 Å². The first kappa shape index (κ1) is 16.5. The number of rotatable bonds is 8. The molecule has 102 valence electrons. The van der Waals surface area contributed by atoms with E-state index in [2.05, 4.69) is 42.7 Å². The molecule has 1 aromatic heterocycles. The van der Waals surface area contributed by atoms with Crippen molar-refractivity contribution in [2.75, 3.05) is 12.9 Å². The number of hydrogen-bond acceptors (Lipinski definition) is 4. The van der Waals surface area contributed by atoms with Crippen molar-refractivity contribution in [1.29, 1.82) is 0 Å². The number of thioether (sulfide) groups is 1. The van der Waals surface area contributed by atoms with Crippen molar-refractivity contribution in [1.82, 2.24) is 0 Å². The van der Waals surface area contributed by atoms with Gasteiger partial charge in [-0.05, 0) is 56.5 Å². The Bertz CT molecular complexity index is 380. The molecular weight excluding hydrogens is 400 g/mol. The number of esters is 1. The van der Waals surface area contributed by atoms with Gasteiger partial charge in [0.25, 0.3) is 0 Å². The van der Waals surface area contributed by atoms with Crippen molar-refractivity contribution in [3.8, 4) is 0 Å². The molecule has 1 rings (SSSR count). The number of carbonyl (C=O) groups is 1. The van der Waals surface area contributed by atoms with Gasteiger partial charge in [-0.3, -0.25) is 4.79 Å². The predicted octanol–water partition coefficient (Wildman–Crippen LogP) is 5.49. The van der Waals surface area contributed by atoms with E-state index in [1.54, 1.807) is 11.3 Å². The smallest absolute Gasteiger partial charge is 0.305 e. The molecule has 0 saturated carbocycles. The lowest BCUT2D eigenvalue weighted by molar-refractivity contribution is -0.140. The molecule has 1 heterocycles. The molecule has 0 spiro atoms. The van der Waals surface area contributed by atoms with E-state index in [9.17, 15) is 4.79 Å². The molecule has 0 radical (unpaired) electrons. The fraction of sp³-hybridized carbons (Fsp3) is 0.583.